The first-order chi connectivity index (χ1) is 11.6. The minimum absolute atomic E-state index is 0.0323. The van der Waals surface area contributed by atoms with Gasteiger partial charge in [0.2, 0.25) is 0 Å². The Morgan fingerprint density at radius 1 is 1.29 bits per heavy atom. The SMILES string of the molecule is C=CCN1C(=O)COc2cc(NC(=O)c3ccc(Cl)cc3)ccc21. The molecule has 0 fully saturated rings. The zero-order chi connectivity index (χ0) is 17.1. The lowest BCUT2D eigenvalue weighted by Gasteiger charge is -2.28. The zero-order valence-electron chi connectivity index (χ0n) is 12.8. The number of halogens is 1. The van der Waals surface area contributed by atoms with Gasteiger partial charge in [0.15, 0.2) is 6.61 Å². The predicted molar refractivity (Wildman–Crippen MR) is 93.9 cm³/mol. The van der Waals surface area contributed by atoms with Crippen LogP contribution in [-0.2, 0) is 4.79 Å². The molecule has 0 spiro atoms. The average Bonchev–Trinajstić information content (AvgIpc) is 2.58. The molecule has 2 amide bonds. The molecule has 122 valence electrons. The Hall–Kier alpha value is -2.79. The number of carbonyl (C=O) groups is 2. The average molecular weight is 343 g/mol. The fourth-order valence-corrected chi connectivity index (χ4v) is 2.54. The Kier molecular flexibility index (Phi) is 4.53. The van der Waals surface area contributed by atoms with Crippen molar-refractivity contribution in [2.75, 3.05) is 23.4 Å². The van der Waals surface area contributed by atoms with Crippen molar-refractivity contribution in [2.45, 2.75) is 0 Å². The molecule has 3 rings (SSSR count). The van der Waals surface area contributed by atoms with Gasteiger partial charge in [-0.3, -0.25) is 9.59 Å². The van der Waals surface area contributed by atoms with Crippen molar-refractivity contribution < 1.29 is 14.3 Å². The van der Waals surface area contributed by atoms with E-state index in [1.165, 1.54) is 0 Å². The number of carbonyl (C=O) groups excluding carboxylic acids is 2. The van der Waals surface area contributed by atoms with Crippen LogP contribution >= 0.6 is 11.6 Å². The van der Waals surface area contributed by atoms with Crippen molar-refractivity contribution in [3.63, 3.8) is 0 Å². The quantitative estimate of drug-likeness (QED) is 0.865. The Morgan fingerprint density at radius 2 is 2.04 bits per heavy atom. The summed E-state index contributed by atoms with van der Waals surface area (Å²) >= 11 is 5.82. The van der Waals surface area contributed by atoms with E-state index in [2.05, 4.69) is 11.9 Å². The number of rotatable bonds is 4. The normalized spacial score (nSPS) is 13.0. The Bertz CT molecular complexity index is 802. The molecule has 1 aliphatic rings. The predicted octanol–water partition coefficient (Wildman–Crippen LogP) is 3.50. The summed E-state index contributed by atoms with van der Waals surface area (Å²) < 4.78 is 5.46. The van der Waals surface area contributed by atoms with E-state index in [0.29, 0.717) is 34.3 Å². The first-order valence-electron chi connectivity index (χ1n) is 7.33. The van der Waals surface area contributed by atoms with E-state index >= 15 is 0 Å². The molecule has 1 aliphatic heterocycles. The summed E-state index contributed by atoms with van der Waals surface area (Å²) in [5, 5.41) is 3.37. The van der Waals surface area contributed by atoms with Gasteiger partial charge in [-0.1, -0.05) is 17.7 Å². The molecule has 6 heteroatoms. The molecule has 1 heterocycles. The van der Waals surface area contributed by atoms with E-state index in [-0.39, 0.29) is 18.4 Å². The van der Waals surface area contributed by atoms with E-state index in [1.807, 2.05) is 0 Å². The van der Waals surface area contributed by atoms with Gasteiger partial charge in [-0.05, 0) is 36.4 Å². The van der Waals surface area contributed by atoms with E-state index in [1.54, 1.807) is 53.4 Å². The molecule has 0 aliphatic carbocycles. The van der Waals surface area contributed by atoms with E-state index in [9.17, 15) is 9.59 Å². The van der Waals surface area contributed by atoms with Crippen molar-refractivity contribution in [3.05, 3.63) is 65.7 Å². The first-order valence-corrected chi connectivity index (χ1v) is 7.71. The molecule has 1 N–H and O–H groups in total. The smallest absolute Gasteiger partial charge is 0.265 e. The van der Waals surface area contributed by atoms with Gasteiger partial charge >= 0.3 is 0 Å². The second-order valence-electron chi connectivity index (χ2n) is 5.23. The maximum absolute atomic E-state index is 12.2. The molecular formula is C18H15ClN2O3. The van der Waals surface area contributed by atoms with Crippen LogP contribution in [0.5, 0.6) is 5.75 Å². The van der Waals surface area contributed by atoms with Crippen LogP contribution in [0.1, 0.15) is 10.4 Å². The standard InChI is InChI=1S/C18H15ClN2O3/c1-2-9-21-15-8-7-14(10-16(15)24-11-17(21)22)20-18(23)12-3-5-13(19)6-4-12/h2-8,10H,1,9,11H2,(H,20,23). The number of anilines is 2. The number of hydrogen-bond acceptors (Lipinski definition) is 3. The maximum Gasteiger partial charge on any atom is 0.265 e. The third-order valence-corrected chi connectivity index (χ3v) is 3.83. The van der Waals surface area contributed by atoms with Gasteiger partial charge in [-0.15, -0.1) is 6.58 Å². The van der Waals surface area contributed by atoms with Crippen LogP contribution < -0.4 is 15.0 Å². The van der Waals surface area contributed by atoms with E-state index in [4.69, 9.17) is 16.3 Å². The van der Waals surface area contributed by atoms with Crippen molar-refractivity contribution >= 4 is 34.8 Å². The number of ether oxygens (including phenoxy) is 1. The Morgan fingerprint density at radius 3 is 2.75 bits per heavy atom. The van der Waals surface area contributed by atoms with Gasteiger partial charge in [0, 0.05) is 28.9 Å². The topological polar surface area (TPSA) is 58.6 Å². The molecule has 24 heavy (non-hydrogen) atoms. The maximum atomic E-state index is 12.2. The molecule has 5 nitrogen and oxygen atoms in total. The highest BCUT2D eigenvalue weighted by atomic mass is 35.5. The summed E-state index contributed by atoms with van der Waals surface area (Å²) in [7, 11) is 0. The highest BCUT2D eigenvalue weighted by molar-refractivity contribution is 6.30. The van der Waals surface area contributed by atoms with Gasteiger partial charge < -0.3 is 15.0 Å². The van der Waals surface area contributed by atoms with Crippen LogP contribution in [-0.4, -0.2) is 25.0 Å². The van der Waals surface area contributed by atoms with Crippen LogP contribution in [0.2, 0.25) is 5.02 Å². The molecule has 0 saturated carbocycles. The van der Waals surface area contributed by atoms with Crippen LogP contribution in [0.25, 0.3) is 0 Å². The van der Waals surface area contributed by atoms with Crippen LogP contribution in [0.3, 0.4) is 0 Å². The third-order valence-electron chi connectivity index (χ3n) is 3.58. The molecule has 0 radical (unpaired) electrons. The van der Waals surface area contributed by atoms with Crippen molar-refractivity contribution in [2.24, 2.45) is 0 Å². The summed E-state index contributed by atoms with van der Waals surface area (Å²) in [4.78, 5) is 25.7. The molecule has 0 aromatic heterocycles. The number of amides is 2. The Balaban J connectivity index is 1.81. The highest BCUT2D eigenvalue weighted by Gasteiger charge is 2.24. The number of hydrogen-bond donors (Lipinski definition) is 1. The highest BCUT2D eigenvalue weighted by Crippen LogP contribution is 2.34. The van der Waals surface area contributed by atoms with Gasteiger partial charge in [0.05, 0.1) is 5.69 Å². The lowest BCUT2D eigenvalue weighted by molar-refractivity contribution is -0.121. The monoisotopic (exact) mass is 342 g/mol. The minimum atomic E-state index is -0.249. The number of fused-ring (bicyclic) bond motifs is 1. The Labute approximate surface area is 144 Å². The largest absolute Gasteiger partial charge is 0.481 e. The second-order valence-corrected chi connectivity index (χ2v) is 5.66. The van der Waals surface area contributed by atoms with Crippen molar-refractivity contribution in [1.29, 1.82) is 0 Å². The molecule has 0 bridgehead atoms. The number of nitrogens with one attached hydrogen (secondary N) is 1. The molecular weight excluding hydrogens is 328 g/mol. The zero-order valence-corrected chi connectivity index (χ0v) is 13.5. The third kappa shape index (κ3) is 3.26. The lowest BCUT2D eigenvalue weighted by atomic mass is 10.2. The van der Waals surface area contributed by atoms with Crippen LogP contribution in [0, 0.1) is 0 Å². The van der Waals surface area contributed by atoms with Gasteiger partial charge in [-0.25, -0.2) is 0 Å². The summed E-state index contributed by atoms with van der Waals surface area (Å²) in [6.07, 6.45) is 1.66. The summed E-state index contributed by atoms with van der Waals surface area (Å²) in [6, 6.07) is 11.8. The van der Waals surface area contributed by atoms with Crippen molar-refractivity contribution in [1.82, 2.24) is 0 Å². The summed E-state index contributed by atoms with van der Waals surface area (Å²) in [6.45, 7) is 4.03. The van der Waals surface area contributed by atoms with Gasteiger partial charge in [-0.2, -0.15) is 0 Å². The van der Waals surface area contributed by atoms with Crippen LogP contribution in [0.4, 0.5) is 11.4 Å². The molecule has 0 atom stereocenters. The van der Waals surface area contributed by atoms with Gasteiger partial charge in [0.1, 0.15) is 5.75 Å². The van der Waals surface area contributed by atoms with Crippen molar-refractivity contribution in [3.8, 4) is 5.75 Å². The first kappa shape index (κ1) is 16.1. The fraction of sp³-hybridized carbons (Fsp3) is 0.111. The van der Waals surface area contributed by atoms with E-state index < -0.39 is 0 Å². The van der Waals surface area contributed by atoms with Crippen LogP contribution in [0.15, 0.2) is 55.1 Å². The summed E-state index contributed by atoms with van der Waals surface area (Å²) in [5.74, 6) is 0.173. The fourth-order valence-electron chi connectivity index (χ4n) is 2.42. The molecule has 0 unspecified atom stereocenters. The second kappa shape index (κ2) is 6.76. The van der Waals surface area contributed by atoms with Gasteiger partial charge in [0.25, 0.3) is 11.8 Å². The molecule has 2 aromatic carbocycles. The number of benzene rings is 2. The lowest BCUT2D eigenvalue weighted by Crippen LogP contribution is -2.38. The molecule has 0 saturated heterocycles. The van der Waals surface area contributed by atoms with E-state index in [0.717, 1.165) is 0 Å². The number of nitrogens with zero attached hydrogens (tertiary/aromatic N) is 1. The molecule has 2 aromatic rings. The summed E-state index contributed by atoms with van der Waals surface area (Å²) in [5.41, 5.74) is 1.75. The minimum Gasteiger partial charge on any atom is -0.481 e.